The molecule has 0 unspecified atom stereocenters. The number of aromatic nitrogens is 2. The van der Waals surface area contributed by atoms with E-state index in [0.717, 1.165) is 11.2 Å². The Bertz CT molecular complexity index is 1320. The van der Waals surface area contributed by atoms with Crippen LogP contribution in [0.15, 0.2) is 71.7 Å². The van der Waals surface area contributed by atoms with Crippen molar-refractivity contribution in [2.75, 3.05) is 13.7 Å². The first-order chi connectivity index (χ1) is 15.0. The van der Waals surface area contributed by atoms with Crippen LogP contribution >= 0.6 is 0 Å². The molecule has 4 rings (SSSR count). The normalized spacial score (nSPS) is 10.9. The maximum atomic E-state index is 13.2. The minimum Gasteiger partial charge on any atom is -0.495 e. The van der Waals surface area contributed by atoms with Crippen molar-refractivity contribution in [3.05, 3.63) is 94.0 Å². The van der Waals surface area contributed by atoms with Crippen molar-refractivity contribution in [2.24, 2.45) is 0 Å². The maximum Gasteiger partial charge on any atom is 0.268 e. The largest absolute Gasteiger partial charge is 0.495 e. The van der Waals surface area contributed by atoms with Crippen molar-refractivity contribution in [1.82, 2.24) is 14.5 Å². The van der Waals surface area contributed by atoms with Crippen LogP contribution < -0.4 is 15.6 Å². The molecule has 2 aromatic carbocycles. The molecule has 0 aliphatic carbocycles. The van der Waals surface area contributed by atoms with E-state index in [9.17, 15) is 9.59 Å². The summed E-state index contributed by atoms with van der Waals surface area (Å²) in [4.78, 5) is 26.1. The van der Waals surface area contributed by atoms with Crippen LogP contribution in [0.5, 0.6) is 5.75 Å². The van der Waals surface area contributed by atoms with Crippen LogP contribution in [0.3, 0.4) is 0 Å². The summed E-state index contributed by atoms with van der Waals surface area (Å²) in [5, 5.41) is 4.08. The molecule has 0 radical (unpaired) electrons. The molecule has 0 bridgehead atoms. The molecule has 158 valence electrons. The zero-order chi connectivity index (χ0) is 22.0. The molecular weight excluding hydrogens is 390 g/mol. The number of ether oxygens (including phenoxy) is 1. The van der Waals surface area contributed by atoms with E-state index in [-0.39, 0.29) is 17.0 Å². The van der Waals surface area contributed by atoms with E-state index >= 15 is 0 Å². The molecule has 1 amide bonds. The Labute approximate surface area is 180 Å². The highest BCUT2D eigenvalue weighted by Gasteiger charge is 2.17. The summed E-state index contributed by atoms with van der Waals surface area (Å²) in [5.41, 5.74) is 3.26. The second-order valence-electron chi connectivity index (χ2n) is 7.47. The van der Waals surface area contributed by atoms with Gasteiger partial charge in [0, 0.05) is 30.5 Å². The summed E-state index contributed by atoms with van der Waals surface area (Å²) in [6, 6.07) is 19.3. The molecule has 0 spiro atoms. The Morgan fingerprint density at radius 3 is 2.58 bits per heavy atom. The minimum atomic E-state index is -0.374. The molecule has 0 aliphatic heterocycles. The SMILES string of the molecule is COc1ccccc1-n1ccc(C)c(C(=O)NCCn2c(C)cc3ccccc32)c1=O. The molecule has 0 saturated carbocycles. The average molecular weight is 415 g/mol. The maximum absolute atomic E-state index is 13.2. The van der Waals surface area contributed by atoms with Crippen molar-refractivity contribution >= 4 is 16.8 Å². The van der Waals surface area contributed by atoms with Gasteiger partial charge in [-0.3, -0.25) is 14.2 Å². The van der Waals surface area contributed by atoms with Crippen LogP contribution in [0, 0.1) is 13.8 Å². The van der Waals surface area contributed by atoms with Crippen LogP contribution in [0.4, 0.5) is 0 Å². The van der Waals surface area contributed by atoms with E-state index in [2.05, 4.69) is 35.0 Å². The van der Waals surface area contributed by atoms with Gasteiger partial charge in [0.15, 0.2) is 0 Å². The van der Waals surface area contributed by atoms with Crippen molar-refractivity contribution in [3.8, 4) is 11.4 Å². The number of hydrogen-bond acceptors (Lipinski definition) is 3. The number of carbonyl (C=O) groups is 1. The summed E-state index contributed by atoms with van der Waals surface area (Å²) in [5.74, 6) is 0.190. The number of nitrogens with one attached hydrogen (secondary N) is 1. The molecule has 31 heavy (non-hydrogen) atoms. The predicted octanol–water partition coefficient (Wildman–Crippen LogP) is 3.85. The van der Waals surface area contributed by atoms with Gasteiger partial charge in [-0.05, 0) is 55.1 Å². The zero-order valence-corrected chi connectivity index (χ0v) is 17.9. The lowest BCUT2D eigenvalue weighted by Gasteiger charge is -2.14. The molecule has 6 heteroatoms. The van der Waals surface area contributed by atoms with Gasteiger partial charge in [0.2, 0.25) is 0 Å². The number of carbonyl (C=O) groups excluding carboxylic acids is 1. The lowest BCUT2D eigenvalue weighted by molar-refractivity contribution is 0.0950. The molecular formula is C25H25N3O3. The van der Waals surface area contributed by atoms with Crippen LogP contribution in [-0.4, -0.2) is 28.7 Å². The third-order valence-electron chi connectivity index (χ3n) is 5.51. The van der Waals surface area contributed by atoms with E-state index in [4.69, 9.17) is 4.74 Å². The Hall–Kier alpha value is -3.80. The number of rotatable bonds is 6. The quantitative estimate of drug-likeness (QED) is 0.520. The highest BCUT2D eigenvalue weighted by molar-refractivity contribution is 5.95. The zero-order valence-electron chi connectivity index (χ0n) is 17.9. The second kappa shape index (κ2) is 8.52. The standard InChI is InChI=1S/C25H25N3O3/c1-17-12-14-28(21-10-6-7-11-22(21)31-3)25(30)23(17)24(29)26-13-15-27-18(2)16-19-8-4-5-9-20(19)27/h4-12,14,16H,13,15H2,1-3H3,(H,26,29). The molecule has 0 saturated heterocycles. The Kier molecular flexibility index (Phi) is 5.62. The molecule has 0 aliphatic rings. The van der Waals surface area contributed by atoms with Crippen LogP contribution in [0.1, 0.15) is 21.6 Å². The van der Waals surface area contributed by atoms with Crippen molar-refractivity contribution in [1.29, 1.82) is 0 Å². The number of fused-ring (bicyclic) bond motifs is 1. The van der Waals surface area contributed by atoms with Crippen LogP contribution in [0.25, 0.3) is 16.6 Å². The van der Waals surface area contributed by atoms with Gasteiger partial charge in [0.05, 0.1) is 12.8 Å². The molecule has 4 aromatic rings. The summed E-state index contributed by atoms with van der Waals surface area (Å²) >= 11 is 0. The fraction of sp³-hybridized carbons (Fsp3) is 0.200. The van der Waals surface area contributed by atoms with E-state index < -0.39 is 0 Å². The number of amides is 1. The van der Waals surface area contributed by atoms with Crippen molar-refractivity contribution in [2.45, 2.75) is 20.4 Å². The third kappa shape index (κ3) is 3.84. The molecule has 1 N–H and O–H groups in total. The Morgan fingerprint density at radius 2 is 1.77 bits per heavy atom. The topological polar surface area (TPSA) is 65.3 Å². The number of aryl methyl sites for hydroxylation is 2. The first-order valence-electron chi connectivity index (χ1n) is 10.2. The summed E-state index contributed by atoms with van der Waals surface area (Å²) in [6.45, 7) is 4.86. The molecule has 6 nitrogen and oxygen atoms in total. The molecule has 0 atom stereocenters. The average Bonchev–Trinajstić information content (AvgIpc) is 3.09. The molecule has 2 aromatic heterocycles. The Morgan fingerprint density at radius 1 is 1.03 bits per heavy atom. The van der Waals surface area contributed by atoms with Crippen LogP contribution in [-0.2, 0) is 6.54 Å². The smallest absolute Gasteiger partial charge is 0.268 e. The highest BCUT2D eigenvalue weighted by Crippen LogP contribution is 2.21. The van der Waals surface area contributed by atoms with E-state index in [1.54, 1.807) is 38.4 Å². The van der Waals surface area contributed by atoms with E-state index in [1.165, 1.54) is 9.95 Å². The van der Waals surface area contributed by atoms with Gasteiger partial charge in [-0.1, -0.05) is 30.3 Å². The second-order valence-corrected chi connectivity index (χ2v) is 7.47. The van der Waals surface area contributed by atoms with Crippen LogP contribution in [0.2, 0.25) is 0 Å². The number of nitrogens with zero attached hydrogens (tertiary/aromatic N) is 2. The van der Waals surface area contributed by atoms with Gasteiger partial charge in [-0.25, -0.2) is 0 Å². The van der Waals surface area contributed by atoms with Gasteiger partial charge >= 0.3 is 0 Å². The van der Waals surface area contributed by atoms with Crippen molar-refractivity contribution < 1.29 is 9.53 Å². The van der Waals surface area contributed by atoms with Gasteiger partial charge in [0.25, 0.3) is 11.5 Å². The summed E-state index contributed by atoms with van der Waals surface area (Å²) in [7, 11) is 1.55. The number of hydrogen-bond donors (Lipinski definition) is 1. The van der Waals surface area contributed by atoms with Gasteiger partial charge in [0.1, 0.15) is 11.3 Å². The van der Waals surface area contributed by atoms with Gasteiger partial charge in [-0.2, -0.15) is 0 Å². The summed E-state index contributed by atoms with van der Waals surface area (Å²) in [6.07, 6.45) is 1.67. The Balaban J connectivity index is 1.57. The number of methoxy groups -OCH3 is 1. The minimum absolute atomic E-state index is 0.141. The fourth-order valence-electron chi connectivity index (χ4n) is 3.94. The first-order valence-corrected chi connectivity index (χ1v) is 10.2. The number of para-hydroxylation sites is 3. The first kappa shape index (κ1) is 20.5. The summed E-state index contributed by atoms with van der Waals surface area (Å²) < 4.78 is 8.99. The third-order valence-corrected chi connectivity index (χ3v) is 5.51. The monoisotopic (exact) mass is 415 g/mol. The molecule has 2 heterocycles. The van der Waals surface area contributed by atoms with Gasteiger partial charge < -0.3 is 14.6 Å². The van der Waals surface area contributed by atoms with E-state index in [0.29, 0.717) is 30.1 Å². The molecule has 0 fully saturated rings. The number of benzene rings is 2. The predicted molar refractivity (Wildman–Crippen MR) is 122 cm³/mol. The highest BCUT2D eigenvalue weighted by atomic mass is 16.5. The van der Waals surface area contributed by atoms with E-state index in [1.807, 2.05) is 24.3 Å². The lowest BCUT2D eigenvalue weighted by Crippen LogP contribution is -2.35. The van der Waals surface area contributed by atoms with Crippen molar-refractivity contribution in [3.63, 3.8) is 0 Å². The van der Waals surface area contributed by atoms with Gasteiger partial charge in [-0.15, -0.1) is 0 Å². The lowest BCUT2D eigenvalue weighted by atomic mass is 10.1. The fourth-order valence-corrected chi connectivity index (χ4v) is 3.94. The number of pyridine rings is 1.